The molecule has 2 aromatic heterocycles. The largest absolute Gasteiger partial charge is 0.416 e. The Balaban J connectivity index is 2.02. The number of alkyl halides is 3. The molecule has 0 bridgehead atoms. The van der Waals surface area contributed by atoms with Crippen molar-refractivity contribution in [1.29, 1.82) is 0 Å². The lowest BCUT2D eigenvalue weighted by Crippen LogP contribution is -2.10. The molecule has 28 heavy (non-hydrogen) atoms. The number of benzene rings is 1. The highest BCUT2D eigenvalue weighted by atomic mass is 32.2. The molecule has 0 spiro atoms. The molecule has 2 heterocycles. The van der Waals surface area contributed by atoms with Gasteiger partial charge in [0, 0.05) is 18.4 Å². The van der Waals surface area contributed by atoms with Gasteiger partial charge in [-0.15, -0.1) is 0 Å². The molecule has 3 rings (SSSR count). The van der Waals surface area contributed by atoms with Crippen molar-refractivity contribution in [3.05, 3.63) is 71.0 Å². The summed E-state index contributed by atoms with van der Waals surface area (Å²) in [5.74, 6) is 0.0283. The molecule has 0 aliphatic heterocycles. The molecule has 0 unspecified atom stereocenters. The number of rotatable bonds is 4. The molecule has 148 valence electrons. The lowest BCUT2D eigenvalue weighted by Gasteiger charge is -2.11. The standard InChI is InChI=1S/C19H18F3N3O2S/c1-12-13(2)25(11-14-6-8-15(9-7-14)19(20,21)22)18(23)17(12)28(26,27)16-5-3-4-10-24-16/h3-10H,11,23H2,1-2H3. The monoisotopic (exact) mass is 409 g/mol. The molecule has 0 amide bonds. The van der Waals surface area contributed by atoms with Crippen LogP contribution in [0.2, 0.25) is 0 Å². The molecule has 0 saturated carbocycles. The second-order valence-corrected chi connectivity index (χ2v) is 8.21. The molecule has 0 fully saturated rings. The number of hydrogen-bond acceptors (Lipinski definition) is 4. The number of nitrogens with zero attached hydrogens (tertiary/aromatic N) is 2. The van der Waals surface area contributed by atoms with E-state index in [0.717, 1.165) is 12.1 Å². The topological polar surface area (TPSA) is 78.0 Å². The maximum absolute atomic E-state index is 13.0. The minimum Gasteiger partial charge on any atom is -0.384 e. The SMILES string of the molecule is Cc1c(S(=O)(=O)c2ccccn2)c(N)n(Cc2ccc(C(F)(F)F)cc2)c1C. The summed E-state index contributed by atoms with van der Waals surface area (Å²) in [4.78, 5) is 3.87. The second-order valence-electron chi connectivity index (χ2n) is 6.38. The molecule has 0 radical (unpaired) electrons. The smallest absolute Gasteiger partial charge is 0.384 e. The fourth-order valence-corrected chi connectivity index (χ4v) is 4.60. The Morgan fingerprint density at radius 3 is 2.25 bits per heavy atom. The molecule has 1 aromatic carbocycles. The van der Waals surface area contributed by atoms with Gasteiger partial charge in [0.25, 0.3) is 0 Å². The van der Waals surface area contributed by atoms with E-state index < -0.39 is 21.6 Å². The van der Waals surface area contributed by atoms with Crippen LogP contribution in [0.4, 0.5) is 19.0 Å². The van der Waals surface area contributed by atoms with Gasteiger partial charge in [-0.3, -0.25) is 0 Å². The fourth-order valence-electron chi connectivity index (χ4n) is 3.00. The van der Waals surface area contributed by atoms with Crippen LogP contribution in [0.1, 0.15) is 22.4 Å². The minimum absolute atomic E-state index is 0.0283. The van der Waals surface area contributed by atoms with E-state index in [9.17, 15) is 21.6 Å². The highest BCUT2D eigenvalue weighted by Crippen LogP contribution is 2.34. The van der Waals surface area contributed by atoms with E-state index >= 15 is 0 Å². The van der Waals surface area contributed by atoms with E-state index in [-0.39, 0.29) is 22.3 Å². The molecule has 2 N–H and O–H groups in total. The molecular formula is C19H18F3N3O2S. The predicted molar refractivity (Wildman–Crippen MR) is 98.6 cm³/mol. The number of anilines is 1. The van der Waals surface area contributed by atoms with Crippen LogP contribution in [0.3, 0.4) is 0 Å². The molecule has 9 heteroatoms. The van der Waals surface area contributed by atoms with E-state index in [1.54, 1.807) is 30.5 Å². The maximum atomic E-state index is 13.0. The Bertz CT molecular complexity index is 1100. The number of halogens is 3. The van der Waals surface area contributed by atoms with Crippen molar-refractivity contribution in [2.75, 3.05) is 5.73 Å². The number of pyridine rings is 1. The molecule has 0 aliphatic rings. The summed E-state index contributed by atoms with van der Waals surface area (Å²) in [6.07, 6.45) is -3.04. The quantitative estimate of drug-likeness (QED) is 0.707. The van der Waals surface area contributed by atoms with Gasteiger partial charge in [-0.2, -0.15) is 13.2 Å². The van der Waals surface area contributed by atoms with Gasteiger partial charge in [0.15, 0.2) is 5.03 Å². The van der Waals surface area contributed by atoms with Crippen molar-refractivity contribution >= 4 is 15.7 Å². The zero-order chi connectivity index (χ0) is 20.7. The van der Waals surface area contributed by atoms with Gasteiger partial charge in [0.05, 0.1) is 5.56 Å². The van der Waals surface area contributed by atoms with Crippen LogP contribution < -0.4 is 5.73 Å². The van der Waals surface area contributed by atoms with Crippen LogP contribution in [0.15, 0.2) is 58.6 Å². The summed E-state index contributed by atoms with van der Waals surface area (Å²) in [7, 11) is -3.93. The summed E-state index contributed by atoms with van der Waals surface area (Å²) in [5, 5.41) is -0.114. The van der Waals surface area contributed by atoms with Crippen molar-refractivity contribution in [3.8, 4) is 0 Å². The number of nitrogens with two attached hydrogens (primary N) is 1. The summed E-state index contributed by atoms with van der Waals surface area (Å²) < 4.78 is 65.7. The van der Waals surface area contributed by atoms with Crippen molar-refractivity contribution in [3.63, 3.8) is 0 Å². The van der Waals surface area contributed by atoms with Gasteiger partial charge in [0.1, 0.15) is 10.7 Å². The summed E-state index contributed by atoms with van der Waals surface area (Å²) in [6.45, 7) is 3.51. The first-order valence-electron chi connectivity index (χ1n) is 8.31. The van der Waals surface area contributed by atoms with Gasteiger partial charge in [0.2, 0.25) is 9.84 Å². The Morgan fingerprint density at radius 2 is 1.71 bits per heavy atom. The first-order valence-corrected chi connectivity index (χ1v) is 9.79. The van der Waals surface area contributed by atoms with Crippen LogP contribution in [0.5, 0.6) is 0 Å². The van der Waals surface area contributed by atoms with Crippen molar-refractivity contribution in [2.24, 2.45) is 0 Å². The van der Waals surface area contributed by atoms with Crippen LogP contribution in [-0.4, -0.2) is 18.0 Å². The number of sulfone groups is 1. The Kier molecular flexibility index (Phi) is 4.97. The van der Waals surface area contributed by atoms with E-state index in [2.05, 4.69) is 4.98 Å². The number of aromatic nitrogens is 2. The van der Waals surface area contributed by atoms with Crippen molar-refractivity contribution in [2.45, 2.75) is 36.5 Å². The first kappa shape index (κ1) is 19.9. The number of hydrogen-bond donors (Lipinski definition) is 1. The molecule has 3 aromatic rings. The Hall–Kier alpha value is -2.81. The highest BCUT2D eigenvalue weighted by molar-refractivity contribution is 7.91. The molecular weight excluding hydrogens is 391 g/mol. The summed E-state index contributed by atoms with van der Waals surface area (Å²) >= 11 is 0. The third-order valence-electron chi connectivity index (χ3n) is 4.62. The van der Waals surface area contributed by atoms with Gasteiger partial charge in [-0.1, -0.05) is 18.2 Å². The minimum atomic E-state index is -4.42. The molecule has 5 nitrogen and oxygen atoms in total. The zero-order valence-corrected chi connectivity index (χ0v) is 16.0. The van der Waals surface area contributed by atoms with Crippen LogP contribution >= 0.6 is 0 Å². The Labute approximate surface area is 160 Å². The lowest BCUT2D eigenvalue weighted by atomic mass is 10.1. The van der Waals surface area contributed by atoms with E-state index in [1.165, 1.54) is 24.4 Å². The van der Waals surface area contributed by atoms with Gasteiger partial charge in [-0.25, -0.2) is 13.4 Å². The molecule has 0 atom stereocenters. The van der Waals surface area contributed by atoms with Crippen molar-refractivity contribution in [1.82, 2.24) is 9.55 Å². The fraction of sp³-hybridized carbons (Fsp3) is 0.211. The van der Waals surface area contributed by atoms with E-state index in [0.29, 0.717) is 16.8 Å². The third-order valence-corrected chi connectivity index (χ3v) is 6.46. The van der Waals surface area contributed by atoms with Gasteiger partial charge < -0.3 is 10.3 Å². The van der Waals surface area contributed by atoms with Crippen LogP contribution in [0, 0.1) is 13.8 Å². The average molecular weight is 409 g/mol. The normalized spacial score (nSPS) is 12.3. The second kappa shape index (κ2) is 6.97. The van der Waals surface area contributed by atoms with E-state index in [1.807, 2.05) is 0 Å². The molecule has 0 aliphatic carbocycles. The lowest BCUT2D eigenvalue weighted by molar-refractivity contribution is -0.137. The summed E-state index contributed by atoms with van der Waals surface area (Å²) in [5.41, 5.74) is 7.07. The average Bonchev–Trinajstić information content (AvgIpc) is 2.86. The van der Waals surface area contributed by atoms with E-state index in [4.69, 9.17) is 5.73 Å². The first-order chi connectivity index (χ1) is 13.0. The highest BCUT2D eigenvalue weighted by Gasteiger charge is 2.31. The third kappa shape index (κ3) is 3.49. The zero-order valence-electron chi connectivity index (χ0n) is 15.2. The summed E-state index contributed by atoms with van der Waals surface area (Å²) in [6, 6.07) is 9.24. The number of nitrogen functional groups attached to an aromatic ring is 1. The van der Waals surface area contributed by atoms with Gasteiger partial charge in [-0.05, 0) is 49.2 Å². The van der Waals surface area contributed by atoms with Crippen molar-refractivity contribution < 1.29 is 21.6 Å². The van der Waals surface area contributed by atoms with Gasteiger partial charge >= 0.3 is 6.18 Å². The maximum Gasteiger partial charge on any atom is 0.416 e. The predicted octanol–water partition coefficient (Wildman–Crippen LogP) is 3.98. The van der Waals surface area contributed by atoms with Crippen LogP contribution in [-0.2, 0) is 22.6 Å². The molecule has 0 saturated heterocycles. The van der Waals surface area contributed by atoms with Crippen LogP contribution in [0.25, 0.3) is 0 Å². The Morgan fingerprint density at radius 1 is 1.07 bits per heavy atom.